The van der Waals surface area contributed by atoms with Crippen LogP contribution < -0.4 is 0 Å². The van der Waals surface area contributed by atoms with Gasteiger partial charge in [-0.2, -0.15) is 0 Å². The van der Waals surface area contributed by atoms with E-state index in [0.717, 1.165) is 38.0 Å². The van der Waals surface area contributed by atoms with E-state index >= 15 is 0 Å². The maximum Gasteiger partial charge on any atom is 0.123 e. The fraction of sp³-hybridized carbons (Fsp3) is 0.538. The molecule has 0 spiro atoms. The maximum absolute atomic E-state index is 13.0. The largest absolute Gasteiger partial charge is 0.298 e. The van der Waals surface area contributed by atoms with Gasteiger partial charge in [0.1, 0.15) is 5.82 Å². The average molecular weight is 242 g/mol. The lowest BCUT2D eigenvalue weighted by atomic mass is 10.1. The van der Waals surface area contributed by atoms with Gasteiger partial charge < -0.3 is 0 Å². The summed E-state index contributed by atoms with van der Waals surface area (Å²) in [6.45, 7) is 4.88. The normalized spacial score (nSPS) is 22.3. The molecule has 1 atom stereocenters. The summed E-state index contributed by atoms with van der Waals surface area (Å²) in [6.07, 6.45) is 2.27. The van der Waals surface area contributed by atoms with Crippen LogP contribution in [0.25, 0.3) is 0 Å². The molecule has 1 aromatic rings. The summed E-state index contributed by atoms with van der Waals surface area (Å²) in [5.74, 6) is -0.157. The minimum atomic E-state index is -0.157. The van der Waals surface area contributed by atoms with Crippen molar-refractivity contribution in [3.05, 3.63) is 35.1 Å². The van der Waals surface area contributed by atoms with Gasteiger partial charge in [-0.3, -0.25) is 4.90 Å². The molecule has 16 heavy (non-hydrogen) atoms. The Morgan fingerprint density at radius 3 is 3.00 bits per heavy atom. The summed E-state index contributed by atoms with van der Waals surface area (Å²) >= 11 is 6.14. The third kappa shape index (κ3) is 2.96. The minimum absolute atomic E-state index is 0.157. The summed E-state index contributed by atoms with van der Waals surface area (Å²) in [4.78, 5) is 2.35. The summed E-state index contributed by atoms with van der Waals surface area (Å²) in [5, 5.41) is 0.273. The monoisotopic (exact) mass is 241 g/mol. The molecule has 88 valence electrons. The number of rotatable bonds is 2. The number of alkyl halides is 1. The number of benzene rings is 1. The second kappa shape index (κ2) is 5.15. The first-order chi connectivity index (χ1) is 7.65. The first-order valence-electron chi connectivity index (χ1n) is 5.76. The van der Waals surface area contributed by atoms with Crippen molar-refractivity contribution in [2.45, 2.75) is 31.7 Å². The molecule has 1 aliphatic heterocycles. The van der Waals surface area contributed by atoms with Gasteiger partial charge in [0.2, 0.25) is 0 Å². The highest BCUT2D eigenvalue weighted by Gasteiger charge is 2.18. The van der Waals surface area contributed by atoms with Crippen LogP contribution in [0, 0.1) is 12.7 Å². The molecule has 1 saturated heterocycles. The second-order valence-electron chi connectivity index (χ2n) is 4.55. The smallest absolute Gasteiger partial charge is 0.123 e. The van der Waals surface area contributed by atoms with Gasteiger partial charge >= 0.3 is 0 Å². The van der Waals surface area contributed by atoms with Crippen LogP contribution in [0.1, 0.15) is 24.0 Å². The van der Waals surface area contributed by atoms with Crippen molar-refractivity contribution < 1.29 is 4.39 Å². The predicted molar refractivity (Wildman–Crippen MR) is 65.3 cm³/mol. The van der Waals surface area contributed by atoms with E-state index in [1.54, 1.807) is 6.07 Å². The standard InChI is InChI=1S/C13H17ClFN/c1-10-7-13(15)5-4-11(10)8-16-6-2-3-12(14)9-16/h4-5,7,12H,2-3,6,8-9H2,1H3. The number of aryl methyl sites for hydroxylation is 1. The van der Waals surface area contributed by atoms with Crippen molar-refractivity contribution >= 4 is 11.6 Å². The molecule has 0 radical (unpaired) electrons. The zero-order valence-electron chi connectivity index (χ0n) is 9.55. The zero-order valence-corrected chi connectivity index (χ0v) is 10.3. The van der Waals surface area contributed by atoms with Gasteiger partial charge in [0.15, 0.2) is 0 Å². The van der Waals surface area contributed by atoms with Crippen molar-refractivity contribution in [1.82, 2.24) is 4.90 Å². The Kier molecular flexibility index (Phi) is 3.82. The summed E-state index contributed by atoms with van der Waals surface area (Å²) in [7, 11) is 0. The highest BCUT2D eigenvalue weighted by molar-refractivity contribution is 6.20. The fourth-order valence-electron chi connectivity index (χ4n) is 2.22. The molecule has 0 bridgehead atoms. The van der Waals surface area contributed by atoms with E-state index in [2.05, 4.69) is 4.90 Å². The van der Waals surface area contributed by atoms with Crippen molar-refractivity contribution in [2.24, 2.45) is 0 Å². The van der Waals surface area contributed by atoms with Crippen molar-refractivity contribution in [3.63, 3.8) is 0 Å². The second-order valence-corrected chi connectivity index (χ2v) is 5.16. The van der Waals surface area contributed by atoms with Crippen molar-refractivity contribution in [2.75, 3.05) is 13.1 Å². The van der Waals surface area contributed by atoms with E-state index in [9.17, 15) is 4.39 Å². The maximum atomic E-state index is 13.0. The molecule has 1 nitrogen and oxygen atoms in total. The molecule has 3 heteroatoms. The lowest BCUT2D eigenvalue weighted by Crippen LogP contribution is -2.35. The lowest BCUT2D eigenvalue weighted by Gasteiger charge is -2.30. The fourth-order valence-corrected chi connectivity index (χ4v) is 2.57. The molecule has 0 N–H and O–H groups in total. The van der Waals surface area contributed by atoms with E-state index in [-0.39, 0.29) is 11.2 Å². The molecule has 0 aromatic heterocycles. The topological polar surface area (TPSA) is 3.24 Å². The van der Waals surface area contributed by atoms with Crippen LogP contribution in [0.2, 0.25) is 0 Å². The SMILES string of the molecule is Cc1cc(F)ccc1CN1CCCC(Cl)C1. The first-order valence-corrected chi connectivity index (χ1v) is 6.20. The van der Waals surface area contributed by atoms with E-state index < -0.39 is 0 Å². The van der Waals surface area contributed by atoms with E-state index in [4.69, 9.17) is 11.6 Å². The number of hydrogen-bond acceptors (Lipinski definition) is 1. The summed E-state index contributed by atoms with van der Waals surface area (Å²) in [5.41, 5.74) is 2.23. The molecule has 1 unspecified atom stereocenters. The molecular formula is C13H17ClFN. The Bertz CT molecular complexity index is 367. The van der Waals surface area contributed by atoms with Gasteiger partial charge in [-0.15, -0.1) is 11.6 Å². The number of nitrogens with zero attached hydrogens (tertiary/aromatic N) is 1. The number of likely N-dealkylation sites (tertiary alicyclic amines) is 1. The average Bonchev–Trinajstić information content (AvgIpc) is 2.22. The lowest BCUT2D eigenvalue weighted by molar-refractivity contribution is 0.223. The van der Waals surface area contributed by atoms with Crippen molar-refractivity contribution in [3.8, 4) is 0 Å². The minimum Gasteiger partial charge on any atom is -0.298 e. The van der Waals surface area contributed by atoms with Gasteiger partial charge in [-0.1, -0.05) is 6.07 Å². The van der Waals surface area contributed by atoms with Crippen LogP contribution in [0.3, 0.4) is 0 Å². The number of halogens is 2. The van der Waals surface area contributed by atoms with E-state index in [0.29, 0.717) is 0 Å². The Morgan fingerprint density at radius 2 is 2.31 bits per heavy atom. The molecule has 0 aliphatic carbocycles. The Hall–Kier alpha value is -0.600. The third-order valence-corrected chi connectivity index (χ3v) is 3.50. The molecule has 1 heterocycles. The predicted octanol–water partition coefficient (Wildman–Crippen LogP) is 3.34. The first kappa shape index (κ1) is 11.9. The Labute approximate surface area is 101 Å². The van der Waals surface area contributed by atoms with Crippen LogP contribution in [-0.2, 0) is 6.54 Å². The van der Waals surface area contributed by atoms with Crippen LogP contribution in [-0.4, -0.2) is 23.4 Å². The zero-order chi connectivity index (χ0) is 11.5. The Balaban J connectivity index is 2.02. The molecule has 1 aromatic carbocycles. The number of hydrogen-bond donors (Lipinski definition) is 0. The highest BCUT2D eigenvalue weighted by Crippen LogP contribution is 2.19. The third-order valence-electron chi connectivity index (χ3n) is 3.15. The molecule has 0 saturated carbocycles. The van der Waals surface area contributed by atoms with Crippen LogP contribution in [0.15, 0.2) is 18.2 Å². The molecule has 0 amide bonds. The van der Waals surface area contributed by atoms with Gasteiger partial charge in [0.05, 0.1) is 0 Å². The van der Waals surface area contributed by atoms with Gasteiger partial charge in [0.25, 0.3) is 0 Å². The quantitative estimate of drug-likeness (QED) is 0.718. The van der Waals surface area contributed by atoms with Gasteiger partial charge in [0, 0.05) is 18.5 Å². The highest BCUT2D eigenvalue weighted by atomic mass is 35.5. The van der Waals surface area contributed by atoms with Crippen LogP contribution >= 0.6 is 11.6 Å². The van der Waals surface area contributed by atoms with Crippen LogP contribution in [0.4, 0.5) is 4.39 Å². The van der Waals surface area contributed by atoms with E-state index in [1.807, 2.05) is 13.0 Å². The molecule has 2 rings (SSSR count). The van der Waals surface area contributed by atoms with Gasteiger partial charge in [-0.05, 0) is 49.6 Å². The molecular weight excluding hydrogens is 225 g/mol. The Morgan fingerprint density at radius 1 is 1.50 bits per heavy atom. The molecule has 1 aliphatic rings. The summed E-state index contributed by atoms with van der Waals surface area (Å²) < 4.78 is 13.0. The summed E-state index contributed by atoms with van der Waals surface area (Å²) in [6, 6.07) is 5.00. The van der Waals surface area contributed by atoms with Gasteiger partial charge in [-0.25, -0.2) is 4.39 Å². The molecule has 1 fully saturated rings. The van der Waals surface area contributed by atoms with E-state index in [1.165, 1.54) is 11.6 Å². The van der Waals surface area contributed by atoms with Crippen LogP contribution in [0.5, 0.6) is 0 Å². The number of piperidine rings is 1. The van der Waals surface area contributed by atoms with Crippen molar-refractivity contribution in [1.29, 1.82) is 0 Å².